The molecule has 1 N–H and O–H groups in total. The molecule has 6 nitrogen and oxygen atoms in total. The third-order valence-corrected chi connectivity index (χ3v) is 1.47. The molecule has 0 spiro atoms. The number of hydrogen-bond donors (Lipinski definition) is 1. The molecule has 0 saturated carbocycles. The summed E-state index contributed by atoms with van der Waals surface area (Å²) in [6, 6.07) is 3.30. The van der Waals surface area contributed by atoms with Gasteiger partial charge in [-0.2, -0.15) is 10.5 Å². The van der Waals surface area contributed by atoms with Gasteiger partial charge in [-0.05, 0) is 6.08 Å². The van der Waals surface area contributed by atoms with Crippen LogP contribution in [-0.4, -0.2) is 23.0 Å². The maximum Gasteiger partial charge on any atom is 0.356 e. The van der Waals surface area contributed by atoms with Crippen LogP contribution in [0.1, 0.15) is 0 Å². The van der Waals surface area contributed by atoms with Gasteiger partial charge in [0.05, 0.1) is 11.9 Å². The third kappa shape index (κ3) is 2.36. The molecule has 0 unspecified atom stereocenters. The Morgan fingerprint density at radius 2 is 2.07 bits per heavy atom. The number of rotatable bonds is 1. The van der Waals surface area contributed by atoms with Crippen LogP contribution in [0, 0.1) is 22.7 Å². The van der Waals surface area contributed by atoms with Crippen molar-refractivity contribution in [3.63, 3.8) is 0 Å². The molecule has 0 aromatic rings. The first kappa shape index (κ1) is 10.4. The molecular weight excluding hydrogens is 196 g/mol. The maximum absolute atomic E-state index is 10.5. The van der Waals surface area contributed by atoms with Crippen LogP contribution in [0.25, 0.3) is 0 Å². The fourth-order valence-corrected chi connectivity index (χ4v) is 0.793. The summed E-state index contributed by atoms with van der Waals surface area (Å²) < 4.78 is 0. The number of nitrogens with zero attached hydrogens (tertiary/aromatic N) is 4. The molecule has 0 aromatic heterocycles. The summed E-state index contributed by atoms with van der Waals surface area (Å²) in [5.41, 5.74) is -0.346. The van der Waals surface area contributed by atoms with Crippen molar-refractivity contribution < 1.29 is 9.90 Å². The third-order valence-electron chi connectivity index (χ3n) is 1.47. The summed E-state index contributed by atoms with van der Waals surface area (Å²) in [6.45, 7) is 0. The van der Waals surface area contributed by atoms with E-state index in [2.05, 4.69) is 9.98 Å². The Morgan fingerprint density at radius 3 is 2.60 bits per heavy atom. The maximum atomic E-state index is 10.5. The average Bonchev–Trinajstić information content (AvgIpc) is 2.45. The number of aliphatic imine (C=N–C) groups is 2. The van der Waals surface area contributed by atoms with Gasteiger partial charge in [-0.15, -0.1) is 0 Å². The van der Waals surface area contributed by atoms with Gasteiger partial charge in [-0.1, -0.05) is 0 Å². The van der Waals surface area contributed by atoms with Gasteiger partial charge in [0.25, 0.3) is 0 Å². The Hall–Kier alpha value is -2.73. The molecular formula is C9H4N4O2. The highest BCUT2D eigenvalue weighted by atomic mass is 16.4. The van der Waals surface area contributed by atoms with E-state index in [0.29, 0.717) is 0 Å². The second-order valence-electron chi connectivity index (χ2n) is 2.38. The van der Waals surface area contributed by atoms with Crippen LogP contribution in [0.4, 0.5) is 0 Å². The molecule has 0 aromatic carbocycles. The first-order valence-corrected chi connectivity index (χ1v) is 3.75. The van der Waals surface area contributed by atoms with Gasteiger partial charge in [-0.25, -0.2) is 9.79 Å². The van der Waals surface area contributed by atoms with E-state index in [1.54, 1.807) is 12.1 Å². The van der Waals surface area contributed by atoms with E-state index < -0.39 is 5.97 Å². The van der Waals surface area contributed by atoms with Gasteiger partial charge >= 0.3 is 5.97 Å². The summed E-state index contributed by atoms with van der Waals surface area (Å²) in [6.07, 6.45) is 3.47. The lowest BCUT2D eigenvalue weighted by atomic mass is 10.2. The van der Waals surface area contributed by atoms with Crippen molar-refractivity contribution in [1.82, 2.24) is 0 Å². The summed E-state index contributed by atoms with van der Waals surface area (Å²) in [5.74, 6) is -1.22. The molecule has 1 heterocycles. The zero-order valence-corrected chi connectivity index (χ0v) is 7.38. The molecule has 0 aliphatic carbocycles. The van der Waals surface area contributed by atoms with Crippen LogP contribution in [0.2, 0.25) is 0 Å². The zero-order chi connectivity index (χ0) is 11.3. The highest BCUT2D eigenvalue weighted by Gasteiger charge is 2.09. The molecule has 0 fully saturated rings. The average molecular weight is 200 g/mol. The van der Waals surface area contributed by atoms with E-state index in [1.165, 1.54) is 12.3 Å². The minimum absolute atomic E-state index is 0.0972. The van der Waals surface area contributed by atoms with Gasteiger partial charge in [0.2, 0.25) is 0 Å². The predicted molar refractivity (Wildman–Crippen MR) is 51.0 cm³/mol. The van der Waals surface area contributed by atoms with Crippen LogP contribution in [-0.2, 0) is 4.79 Å². The van der Waals surface area contributed by atoms with Crippen LogP contribution in [0.3, 0.4) is 0 Å². The summed E-state index contributed by atoms with van der Waals surface area (Å²) >= 11 is 0. The van der Waals surface area contributed by atoms with Crippen molar-refractivity contribution in [3.8, 4) is 12.1 Å². The van der Waals surface area contributed by atoms with Crippen LogP contribution in [0.5, 0.6) is 0 Å². The van der Waals surface area contributed by atoms with E-state index in [9.17, 15) is 4.79 Å². The largest absolute Gasteiger partial charge is 0.476 e. The lowest BCUT2D eigenvalue weighted by Gasteiger charge is -1.89. The number of carboxylic acids is 1. The van der Waals surface area contributed by atoms with Gasteiger partial charge < -0.3 is 5.11 Å². The number of allylic oxidation sites excluding steroid dienone is 2. The van der Waals surface area contributed by atoms with Gasteiger partial charge in [-0.3, -0.25) is 4.99 Å². The van der Waals surface area contributed by atoms with Crippen LogP contribution < -0.4 is 0 Å². The number of nitriles is 2. The Kier molecular flexibility index (Phi) is 3.10. The van der Waals surface area contributed by atoms with E-state index in [0.717, 1.165) is 6.21 Å². The van der Waals surface area contributed by atoms with Crippen molar-refractivity contribution >= 4 is 17.9 Å². The van der Waals surface area contributed by atoms with Crippen LogP contribution in [0.15, 0.2) is 33.5 Å². The van der Waals surface area contributed by atoms with E-state index in [1.807, 2.05) is 0 Å². The number of carbonyl (C=O) groups is 1. The van der Waals surface area contributed by atoms with E-state index in [4.69, 9.17) is 15.6 Å². The first-order chi connectivity index (χ1) is 7.19. The van der Waals surface area contributed by atoms with Gasteiger partial charge in [0.15, 0.2) is 11.3 Å². The predicted octanol–water partition coefficient (Wildman–Crippen LogP) is 0.411. The molecule has 0 amide bonds. The Labute approximate surface area is 84.8 Å². The molecule has 0 atom stereocenters. The second kappa shape index (κ2) is 4.49. The Morgan fingerprint density at radius 1 is 1.40 bits per heavy atom. The molecule has 0 saturated heterocycles. The highest BCUT2D eigenvalue weighted by molar-refractivity contribution is 6.59. The zero-order valence-electron chi connectivity index (χ0n) is 7.38. The minimum Gasteiger partial charge on any atom is -0.476 e. The first-order valence-electron chi connectivity index (χ1n) is 3.75. The van der Waals surface area contributed by atoms with E-state index >= 15 is 0 Å². The molecule has 0 bridgehead atoms. The molecule has 1 rings (SSSR count). The van der Waals surface area contributed by atoms with Gasteiger partial charge in [0, 0.05) is 6.20 Å². The topological polar surface area (TPSA) is 110 Å². The monoisotopic (exact) mass is 200 g/mol. The fraction of sp³-hybridized carbons (Fsp3) is 0. The van der Waals surface area contributed by atoms with Crippen molar-refractivity contribution in [2.75, 3.05) is 0 Å². The Balaban J connectivity index is 3.15. The summed E-state index contributed by atoms with van der Waals surface area (Å²) in [4.78, 5) is 17.8. The summed E-state index contributed by atoms with van der Waals surface area (Å²) in [5, 5.41) is 25.7. The van der Waals surface area contributed by atoms with Crippen molar-refractivity contribution in [1.29, 1.82) is 10.5 Å². The molecule has 72 valence electrons. The quantitative estimate of drug-likeness (QED) is 0.618. The Bertz CT molecular complexity index is 481. The molecule has 1 aliphatic rings. The van der Waals surface area contributed by atoms with Gasteiger partial charge in [0.1, 0.15) is 12.1 Å². The minimum atomic E-state index is -1.22. The molecule has 1 aliphatic heterocycles. The lowest BCUT2D eigenvalue weighted by Crippen LogP contribution is -2.13. The smallest absolute Gasteiger partial charge is 0.356 e. The standard InChI is InChI=1S/C9H4N4O2/c10-3-6(4-11)7-1-2-12-8(5-13-7)9(14)15/h1-2,5H,(H,14,15). The normalized spacial score (nSPS) is 13.5. The molecule has 15 heavy (non-hydrogen) atoms. The second-order valence-corrected chi connectivity index (χ2v) is 2.38. The van der Waals surface area contributed by atoms with E-state index in [-0.39, 0.29) is 17.0 Å². The number of aliphatic carboxylic acids is 1. The molecule has 6 heteroatoms. The number of hydrogen-bond acceptors (Lipinski definition) is 5. The fourth-order valence-electron chi connectivity index (χ4n) is 0.793. The van der Waals surface area contributed by atoms with Crippen molar-refractivity contribution in [2.45, 2.75) is 0 Å². The SMILES string of the molecule is N#CC(C#N)=C1C=CN=C(C(=O)O)C=N1. The highest BCUT2D eigenvalue weighted by Crippen LogP contribution is 2.08. The molecule has 0 radical (unpaired) electrons. The summed E-state index contributed by atoms with van der Waals surface area (Å²) in [7, 11) is 0. The van der Waals surface area contributed by atoms with Crippen molar-refractivity contribution in [3.05, 3.63) is 23.5 Å². The van der Waals surface area contributed by atoms with Crippen LogP contribution >= 0.6 is 0 Å². The van der Waals surface area contributed by atoms with Crippen molar-refractivity contribution in [2.24, 2.45) is 9.98 Å². The lowest BCUT2D eigenvalue weighted by molar-refractivity contribution is -0.129. The number of carboxylic acid groups (broad SMARTS) is 1.